The number of fused-ring (bicyclic) bond motifs is 1. The van der Waals surface area contributed by atoms with Gasteiger partial charge in [-0.25, -0.2) is 29.0 Å². The number of nitrogens with two attached hydrogens (primary N) is 1. The van der Waals surface area contributed by atoms with Crippen molar-refractivity contribution in [1.82, 2.24) is 29.7 Å². The van der Waals surface area contributed by atoms with Gasteiger partial charge in [0.1, 0.15) is 53.3 Å². The molecule has 0 radical (unpaired) electrons. The minimum Gasteiger partial charge on any atom is -0.489 e. The van der Waals surface area contributed by atoms with Crippen LogP contribution in [0.4, 0.5) is 10.2 Å². The maximum Gasteiger partial charge on any atom is 0.163 e. The van der Waals surface area contributed by atoms with E-state index in [4.69, 9.17) is 25.0 Å². The largest absolute Gasteiger partial charge is 0.489 e. The van der Waals surface area contributed by atoms with Crippen LogP contribution in [0.25, 0.3) is 22.3 Å². The molecule has 10 nitrogen and oxygen atoms in total. The summed E-state index contributed by atoms with van der Waals surface area (Å²) in [5.74, 6) is 1.72. The van der Waals surface area contributed by atoms with Gasteiger partial charge in [0.05, 0.1) is 25.1 Å². The van der Waals surface area contributed by atoms with Gasteiger partial charge >= 0.3 is 0 Å². The first kappa shape index (κ1) is 24.7. The van der Waals surface area contributed by atoms with Crippen molar-refractivity contribution in [3.63, 3.8) is 0 Å². The number of rotatable bonds is 8. The summed E-state index contributed by atoms with van der Waals surface area (Å²) >= 11 is 0. The Morgan fingerprint density at radius 2 is 1.74 bits per heavy atom. The summed E-state index contributed by atoms with van der Waals surface area (Å²) in [7, 11) is 0. The van der Waals surface area contributed by atoms with E-state index in [2.05, 4.69) is 26.9 Å². The van der Waals surface area contributed by atoms with Gasteiger partial charge in [-0.2, -0.15) is 5.10 Å². The zero-order valence-corrected chi connectivity index (χ0v) is 21.5. The highest BCUT2D eigenvalue weighted by Gasteiger charge is 2.35. The summed E-state index contributed by atoms with van der Waals surface area (Å²) in [6.07, 6.45) is 4.80. The molecule has 4 heterocycles. The fraction of sp³-hybridized carbons (Fsp3) is 0.250. The second-order valence-corrected chi connectivity index (χ2v) is 9.94. The van der Waals surface area contributed by atoms with Gasteiger partial charge in [-0.1, -0.05) is 6.92 Å². The fourth-order valence-corrected chi connectivity index (χ4v) is 4.40. The number of aryl methyl sites for hydroxylation is 1. The van der Waals surface area contributed by atoms with E-state index < -0.39 is 5.82 Å². The van der Waals surface area contributed by atoms with Gasteiger partial charge < -0.3 is 19.9 Å². The molecular weight excluding hydrogens is 501 g/mol. The molecule has 0 bridgehead atoms. The Bertz CT molecular complexity index is 1630. The third-order valence-corrected chi connectivity index (χ3v) is 6.44. The molecule has 198 valence electrons. The number of nitrogen functional groups attached to an aromatic ring is 1. The van der Waals surface area contributed by atoms with E-state index in [1.165, 1.54) is 18.5 Å². The van der Waals surface area contributed by atoms with Crippen LogP contribution < -0.4 is 15.2 Å². The van der Waals surface area contributed by atoms with Crippen LogP contribution in [0.2, 0.25) is 0 Å². The lowest BCUT2D eigenvalue weighted by Crippen LogP contribution is -2.43. The van der Waals surface area contributed by atoms with Crippen molar-refractivity contribution >= 4 is 16.9 Å². The maximum atomic E-state index is 14.3. The van der Waals surface area contributed by atoms with Gasteiger partial charge in [-0.15, -0.1) is 0 Å². The number of ether oxygens (including phenoxy) is 3. The highest BCUT2D eigenvalue weighted by molar-refractivity contribution is 5.98. The number of anilines is 1. The first-order valence-electron chi connectivity index (χ1n) is 12.4. The summed E-state index contributed by atoms with van der Waals surface area (Å²) in [5, 5.41) is 5.53. The van der Waals surface area contributed by atoms with Crippen molar-refractivity contribution in [2.24, 2.45) is 5.41 Å². The van der Waals surface area contributed by atoms with Gasteiger partial charge in [0.25, 0.3) is 0 Å². The number of halogens is 1. The first-order valence-corrected chi connectivity index (χ1v) is 12.4. The van der Waals surface area contributed by atoms with Crippen molar-refractivity contribution in [3.8, 4) is 28.5 Å². The van der Waals surface area contributed by atoms with Crippen LogP contribution in [0.1, 0.15) is 18.3 Å². The molecule has 1 aliphatic heterocycles. The van der Waals surface area contributed by atoms with Gasteiger partial charge in [-0.05, 0) is 31.2 Å². The molecule has 0 amide bonds. The molecule has 1 aliphatic rings. The Hall–Kier alpha value is -4.64. The normalized spacial score (nSPS) is 14.2. The van der Waals surface area contributed by atoms with Crippen molar-refractivity contribution in [2.75, 3.05) is 18.9 Å². The number of aromatic nitrogens is 6. The van der Waals surface area contributed by atoms with Crippen molar-refractivity contribution in [1.29, 1.82) is 0 Å². The monoisotopic (exact) mass is 527 g/mol. The zero-order chi connectivity index (χ0) is 27.0. The van der Waals surface area contributed by atoms with Crippen LogP contribution in [0.3, 0.4) is 0 Å². The average Bonchev–Trinajstić information content (AvgIpc) is 3.27. The van der Waals surface area contributed by atoms with Gasteiger partial charge in [-0.3, -0.25) is 0 Å². The zero-order valence-electron chi connectivity index (χ0n) is 21.5. The molecular formula is C28H26FN7O3. The fourth-order valence-electron chi connectivity index (χ4n) is 4.40. The highest BCUT2D eigenvalue weighted by atomic mass is 19.1. The smallest absolute Gasteiger partial charge is 0.163 e. The number of hydrogen-bond donors (Lipinski definition) is 1. The van der Waals surface area contributed by atoms with Crippen LogP contribution in [-0.2, 0) is 17.9 Å². The van der Waals surface area contributed by atoms with Crippen LogP contribution in [-0.4, -0.2) is 42.9 Å². The lowest BCUT2D eigenvalue weighted by Gasteiger charge is -2.37. The summed E-state index contributed by atoms with van der Waals surface area (Å²) < 4.78 is 33.2. The van der Waals surface area contributed by atoms with Crippen LogP contribution in [0.15, 0.2) is 61.2 Å². The average molecular weight is 528 g/mol. The summed E-state index contributed by atoms with van der Waals surface area (Å²) in [6.45, 7) is 6.16. The predicted molar refractivity (Wildman–Crippen MR) is 142 cm³/mol. The van der Waals surface area contributed by atoms with E-state index in [1.807, 2.05) is 16.8 Å². The Morgan fingerprint density at radius 3 is 2.46 bits per heavy atom. The predicted octanol–water partition coefficient (Wildman–Crippen LogP) is 4.72. The standard InChI is InChI=1S/C28H26FN7O3/c1-17-31-10-18(11-32-17)12-38-22-7-20(29)8-23(9-22)39-21-5-3-19(4-6-21)25-24-26(30)33-16-34-27(24)36(35-25)13-28(2)14-37-15-28/h3-11,16H,12-15H2,1-2H3,(H2,30,33,34). The van der Waals surface area contributed by atoms with Gasteiger partial charge in [0.2, 0.25) is 0 Å². The van der Waals surface area contributed by atoms with Crippen LogP contribution >= 0.6 is 0 Å². The van der Waals surface area contributed by atoms with E-state index in [-0.39, 0.29) is 12.0 Å². The Labute approximate surface area is 223 Å². The topological polar surface area (TPSA) is 123 Å². The van der Waals surface area contributed by atoms with E-state index >= 15 is 0 Å². The third-order valence-electron chi connectivity index (χ3n) is 6.44. The molecule has 3 aromatic heterocycles. The Morgan fingerprint density at radius 1 is 1.00 bits per heavy atom. The van der Waals surface area contributed by atoms with Crippen LogP contribution in [0, 0.1) is 18.2 Å². The molecule has 0 spiro atoms. The summed E-state index contributed by atoms with van der Waals surface area (Å²) in [5.41, 5.74) is 9.19. The van der Waals surface area contributed by atoms with E-state index in [0.717, 1.165) is 11.1 Å². The van der Waals surface area contributed by atoms with Gasteiger partial charge in [0, 0.05) is 47.1 Å². The quantitative estimate of drug-likeness (QED) is 0.305. The van der Waals surface area contributed by atoms with Crippen molar-refractivity contribution in [2.45, 2.75) is 27.0 Å². The molecule has 39 heavy (non-hydrogen) atoms. The molecule has 0 aliphatic carbocycles. The minimum absolute atomic E-state index is 0.00489. The SMILES string of the molecule is Cc1ncc(COc2cc(F)cc(Oc3ccc(-c4nn(CC5(C)COC5)c5ncnc(N)c45)cc3)c2)cn1. The molecule has 1 saturated heterocycles. The van der Waals surface area contributed by atoms with Gasteiger partial charge in [0.15, 0.2) is 5.65 Å². The van der Waals surface area contributed by atoms with E-state index in [1.54, 1.807) is 37.5 Å². The molecule has 0 saturated carbocycles. The van der Waals surface area contributed by atoms with E-state index in [9.17, 15) is 4.39 Å². The highest BCUT2D eigenvalue weighted by Crippen LogP contribution is 2.35. The van der Waals surface area contributed by atoms with Crippen molar-refractivity contribution < 1.29 is 18.6 Å². The maximum absolute atomic E-state index is 14.3. The second kappa shape index (κ2) is 9.91. The molecule has 6 rings (SSSR count). The molecule has 5 aromatic rings. The molecule has 0 unspecified atom stereocenters. The lowest BCUT2D eigenvalue weighted by molar-refractivity contribution is -0.111. The number of hydrogen-bond acceptors (Lipinski definition) is 9. The number of nitrogens with zero attached hydrogens (tertiary/aromatic N) is 6. The van der Waals surface area contributed by atoms with Crippen molar-refractivity contribution in [3.05, 3.63) is 78.4 Å². The molecule has 0 atom stereocenters. The molecule has 2 aromatic carbocycles. The molecule has 11 heteroatoms. The summed E-state index contributed by atoms with van der Waals surface area (Å²) in [6, 6.07) is 11.5. The third kappa shape index (κ3) is 5.21. The second-order valence-electron chi connectivity index (χ2n) is 9.94. The summed E-state index contributed by atoms with van der Waals surface area (Å²) in [4.78, 5) is 16.9. The molecule has 1 fully saturated rings. The first-order chi connectivity index (χ1) is 18.8. The molecule has 2 N–H and O–H groups in total. The Kier molecular flexibility index (Phi) is 6.27. The number of benzene rings is 2. The van der Waals surface area contributed by atoms with Crippen LogP contribution in [0.5, 0.6) is 17.2 Å². The van der Waals surface area contributed by atoms with E-state index in [0.29, 0.717) is 65.4 Å². The Balaban J connectivity index is 1.21. The lowest BCUT2D eigenvalue weighted by atomic mass is 9.89. The minimum atomic E-state index is -0.475.